The first kappa shape index (κ1) is 16.3. The predicted octanol–water partition coefficient (Wildman–Crippen LogP) is 2.88. The van der Waals surface area contributed by atoms with E-state index >= 15 is 0 Å². The third kappa shape index (κ3) is 3.78. The third-order valence-electron chi connectivity index (χ3n) is 4.50. The van der Waals surface area contributed by atoms with Crippen LogP contribution in [0.25, 0.3) is 0 Å². The SMILES string of the molecule is Cc1ccc(N(C)CC(CO)(NC(C)C)C2CC2)c(C)c1. The van der Waals surface area contributed by atoms with Crippen molar-refractivity contribution in [3.8, 4) is 0 Å². The highest BCUT2D eigenvalue weighted by atomic mass is 16.3. The van der Waals surface area contributed by atoms with Crippen molar-refractivity contribution >= 4 is 5.69 Å². The Bertz CT molecular complexity index is 482. The van der Waals surface area contributed by atoms with E-state index in [1.807, 2.05) is 0 Å². The number of anilines is 1. The molecule has 0 radical (unpaired) electrons. The van der Waals surface area contributed by atoms with Crippen LogP contribution in [0.1, 0.15) is 37.8 Å². The lowest BCUT2D eigenvalue weighted by molar-refractivity contribution is 0.136. The zero-order chi connectivity index (χ0) is 15.6. The van der Waals surface area contributed by atoms with E-state index in [1.165, 1.54) is 29.7 Å². The molecule has 1 aromatic carbocycles. The number of nitrogens with zero attached hydrogens (tertiary/aromatic N) is 1. The maximum atomic E-state index is 10.1. The van der Waals surface area contributed by atoms with Crippen molar-refractivity contribution in [1.29, 1.82) is 0 Å². The number of aliphatic hydroxyl groups is 1. The van der Waals surface area contributed by atoms with Crippen molar-refractivity contribution in [1.82, 2.24) is 5.32 Å². The van der Waals surface area contributed by atoms with Crippen LogP contribution in [0.5, 0.6) is 0 Å². The van der Waals surface area contributed by atoms with Gasteiger partial charge in [-0.25, -0.2) is 0 Å². The summed E-state index contributed by atoms with van der Waals surface area (Å²) in [5.41, 5.74) is 3.66. The van der Waals surface area contributed by atoms with Crippen molar-refractivity contribution in [2.45, 2.75) is 52.1 Å². The first-order valence-corrected chi connectivity index (χ1v) is 8.05. The first-order chi connectivity index (χ1) is 9.88. The zero-order valence-corrected chi connectivity index (χ0v) is 14.1. The van der Waals surface area contributed by atoms with E-state index in [9.17, 15) is 5.11 Å². The van der Waals surface area contributed by atoms with Crippen LogP contribution >= 0.6 is 0 Å². The van der Waals surface area contributed by atoms with E-state index < -0.39 is 0 Å². The molecule has 21 heavy (non-hydrogen) atoms. The van der Waals surface area contributed by atoms with E-state index in [1.54, 1.807) is 0 Å². The fraction of sp³-hybridized carbons (Fsp3) is 0.667. The number of aliphatic hydroxyl groups excluding tert-OH is 1. The largest absolute Gasteiger partial charge is 0.394 e. The van der Waals surface area contributed by atoms with Gasteiger partial charge in [0.15, 0.2) is 0 Å². The fourth-order valence-electron chi connectivity index (χ4n) is 3.47. The molecular formula is C18H30N2O. The van der Waals surface area contributed by atoms with E-state index in [4.69, 9.17) is 0 Å². The summed E-state index contributed by atoms with van der Waals surface area (Å²) in [6, 6.07) is 6.95. The Hall–Kier alpha value is -1.06. The molecule has 3 heteroatoms. The minimum absolute atomic E-state index is 0.180. The van der Waals surface area contributed by atoms with Gasteiger partial charge < -0.3 is 15.3 Å². The number of hydrogen-bond acceptors (Lipinski definition) is 3. The number of benzene rings is 1. The van der Waals surface area contributed by atoms with Gasteiger partial charge in [0, 0.05) is 25.3 Å². The van der Waals surface area contributed by atoms with Gasteiger partial charge in [0.05, 0.1) is 12.1 Å². The lowest BCUT2D eigenvalue weighted by Gasteiger charge is -2.39. The molecule has 1 fully saturated rings. The van der Waals surface area contributed by atoms with Gasteiger partial charge in [-0.05, 0) is 44.2 Å². The van der Waals surface area contributed by atoms with Gasteiger partial charge in [-0.15, -0.1) is 0 Å². The summed E-state index contributed by atoms with van der Waals surface area (Å²) in [6.07, 6.45) is 2.45. The third-order valence-corrected chi connectivity index (χ3v) is 4.50. The molecule has 118 valence electrons. The molecule has 0 spiro atoms. The maximum absolute atomic E-state index is 10.1. The summed E-state index contributed by atoms with van der Waals surface area (Å²) in [5, 5.41) is 13.7. The average Bonchev–Trinajstić information content (AvgIpc) is 3.21. The topological polar surface area (TPSA) is 35.5 Å². The molecule has 1 aliphatic carbocycles. The number of nitrogens with one attached hydrogen (secondary N) is 1. The van der Waals surface area contributed by atoms with Gasteiger partial charge in [0.25, 0.3) is 0 Å². The van der Waals surface area contributed by atoms with Gasteiger partial charge in [-0.2, -0.15) is 0 Å². The van der Waals surface area contributed by atoms with Gasteiger partial charge in [0.2, 0.25) is 0 Å². The minimum atomic E-state index is -0.180. The molecule has 2 N–H and O–H groups in total. The van der Waals surface area contributed by atoms with Gasteiger partial charge in [0.1, 0.15) is 0 Å². The molecular weight excluding hydrogens is 260 g/mol. The van der Waals surface area contributed by atoms with Crippen LogP contribution in [0.4, 0.5) is 5.69 Å². The molecule has 0 bridgehead atoms. The summed E-state index contributed by atoms with van der Waals surface area (Å²) in [6.45, 7) is 9.64. The van der Waals surface area contributed by atoms with Gasteiger partial charge in [-0.3, -0.25) is 0 Å². The second-order valence-corrected chi connectivity index (χ2v) is 7.03. The average molecular weight is 290 g/mol. The molecule has 0 aromatic heterocycles. The molecule has 1 saturated carbocycles. The lowest BCUT2D eigenvalue weighted by Crippen LogP contribution is -2.59. The maximum Gasteiger partial charge on any atom is 0.0633 e. The quantitative estimate of drug-likeness (QED) is 0.810. The number of likely N-dealkylation sites (N-methyl/N-ethyl adjacent to an activating group) is 1. The Balaban J connectivity index is 2.19. The van der Waals surface area contributed by atoms with Crippen LogP contribution in [-0.4, -0.2) is 36.9 Å². The summed E-state index contributed by atoms with van der Waals surface area (Å²) in [7, 11) is 2.13. The minimum Gasteiger partial charge on any atom is -0.394 e. The van der Waals surface area contributed by atoms with Crippen LogP contribution < -0.4 is 10.2 Å². The smallest absolute Gasteiger partial charge is 0.0633 e. The Kier molecular flexibility index (Phi) is 4.95. The molecule has 1 atom stereocenters. The lowest BCUT2D eigenvalue weighted by atomic mass is 9.92. The van der Waals surface area contributed by atoms with Crippen LogP contribution in [-0.2, 0) is 0 Å². The van der Waals surface area contributed by atoms with E-state index in [-0.39, 0.29) is 12.1 Å². The molecule has 1 aliphatic rings. The fourth-order valence-corrected chi connectivity index (χ4v) is 3.47. The Morgan fingerprint density at radius 2 is 2.00 bits per heavy atom. The Labute approximate surface area is 129 Å². The first-order valence-electron chi connectivity index (χ1n) is 8.05. The Morgan fingerprint density at radius 3 is 2.48 bits per heavy atom. The molecule has 1 unspecified atom stereocenters. The summed E-state index contributed by atoms with van der Waals surface area (Å²) >= 11 is 0. The van der Waals surface area contributed by atoms with Crippen molar-refractivity contribution < 1.29 is 5.11 Å². The Morgan fingerprint density at radius 1 is 1.33 bits per heavy atom. The number of rotatable bonds is 7. The standard InChI is InChI=1S/C18H30N2O/c1-13(2)19-18(12-21,16-7-8-16)11-20(5)17-9-6-14(3)10-15(17)4/h6,9-10,13,16,19,21H,7-8,11-12H2,1-5H3. The normalized spacial score (nSPS) is 17.9. The molecule has 0 saturated heterocycles. The van der Waals surface area contributed by atoms with Crippen molar-refractivity contribution in [3.63, 3.8) is 0 Å². The molecule has 1 aromatic rings. The highest BCUT2D eigenvalue weighted by molar-refractivity contribution is 5.54. The molecule has 3 nitrogen and oxygen atoms in total. The predicted molar refractivity (Wildman–Crippen MR) is 90.0 cm³/mol. The molecule has 0 aliphatic heterocycles. The number of aryl methyl sites for hydroxylation is 2. The highest BCUT2D eigenvalue weighted by Gasteiger charge is 2.45. The summed E-state index contributed by atoms with van der Waals surface area (Å²) < 4.78 is 0. The van der Waals surface area contributed by atoms with E-state index in [0.29, 0.717) is 12.0 Å². The summed E-state index contributed by atoms with van der Waals surface area (Å²) in [5.74, 6) is 0.595. The monoisotopic (exact) mass is 290 g/mol. The van der Waals surface area contributed by atoms with Crippen LogP contribution in [0, 0.1) is 19.8 Å². The van der Waals surface area contributed by atoms with Crippen LogP contribution in [0.15, 0.2) is 18.2 Å². The second-order valence-electron chi connectivity index (χ2n) is 7.03. The second kappa shape index (κ2) is 6.37. The van der Waals surface area contributed by atoms with E-state index in [2.05, 4.69) is 63.2 Å². The van der Waals surface area contributed by atoms with Crippen molar-refractivity contribution in [3.05, 3.63) is 29.3 Å². The van der Waals surface area contributed by atoms with Crippen LogP contribution in [0.3, 0.4) is 0 Å². The molecule has 2 rings (SSSR count). The van der Waals surface area contributed by atoms with Gasteiger partial charge >= 0.3 is 0 Å². The molecule has 0 heterocycles. The highest BCUT2D eigenvalue weighted by Crippen LogP contribution is 2.41. The van der Waals surface area contributed by atoms with Crippen molar-refractivity contribution in [2.24, 2.45) is 5.92 Å². The van der Waals surface area contributed by atoms with Crippen LogP contribution in [0.2, 0.25) is 0 Å². The zero-order valence-electron chi connectivity index (χ0n) is 14.1. The van der Waals surface area contributed by atoms with Gasteiger partial charge in [-0.1, -0.05) is 31.5 Å². The van der Waals surface area contributed by atoms with E-state index in [0.717, 1.165) is 6.54 Å². The van der Waals surface area contributed by atoms with Crippen molar-refractivity contribution in [2.75, 3.05) is 25.1 Å². The number of hydrogen-bond donors (Lipinski definition) is 2. The molecule has 0 amide bonds. The summed E-state index contributed by atoms with van der Waals surface area (Å²) in [4.78, 5) is 2.29.